The van der Waals surface area contributed by atoms with Gasteiger partial charge in [-0.1, -0.05) is 12.1 Å². The molecule has 0 radical (unpaired) electrons. The van der Waals surface area contributed by atoms with Crippen molar-refractivity contribution in [2.75, 3.05) is 11.5 Å². The number of fused-ring (bicyclic) bond motifs is 1. The number of nitrogens with zero attached hydrogens (tertiary/aromatic N) is 3. The zero-order valence-electron chi connectivity index (χ0n) is 21.2. The minimum Gasteiger partial charge on any atom is -0.461 e. The van der Waals surface area contributed by atoms with Gasteiger partial charge in [0.25, 0.3) is 5.91 Å². The Morgan fingerprint density at radius 1 is 1.25 bits per heavy atom. The highest BCUT2D eigenvalue weighted by atomic mass is 32.2. The third kappa shape index (κ3) is 4.81. The van der Waals surface area contributed by atoms with E-state index in [1.54, 1.807) is 55.8 Å². The second-order valence-electron chi connectivity index (χ2n) is 10.7. The van der Waals surface area contributed by atoms with Crippen molar-refractivity contribution in [3.63, 3.8) is 0 Å². The van der Waals surface area contributed by atoms with E-state index >= 15 is 0 Å². The molecule has 0 saturated carbocycles. The maximum absolute atomic E-state index is 13.4. The van der Waals surface area contributed by atoms with Gasteiger partial charge in [0.2, 0.25) is 6.36 Å². The van der Waals surface area contributed by atoms with Crippen LogP contribution in [-0.2, 0) is 15.4 Å². The predicted molar refractivity (Wildman–Crippen MR) is 134 cm³/mol. The number of rotatable bonds is 7. The number of hydrogen-bond acceptors (Lipinski definition) is 7. The fourth-order valence-corrected chi connectivity index (χ4v) is 6.25. The average molecular weight is 519 g/mol. The number of alkyl halides is 1. The molecule has 2 aromatic heterocycles. The molecule has 0 spiro atoms. The molecule has 3 aromatic rings. The van der Waals surface area contributed by atoms with Crippen LogP contribution >= 0.6 is 0 Å². The van der Waals surface area contributed by atoms with Crippen LogP contribution in [-0.4, -0.2) is 63.2 Å². The van der Waals surface area contributed by atoms with Gasteiger partial charge in [0.05, 0.1) is 39.3 Å². The predicted octanol–water partition coefficient (Wildman–Crippen LogP) is 3.22. The third-order valence-electron chi connectivity index (χ3n) is 6.71. The van der Waals surface area contributed by atoms with E-state index in [-0.39, 0.29) is 17.1 Å². The highest BCUT2D eigenvalue weighted by Crippen LogP contribution is 2.36. The summed E-state index contributed by atoms with van der Waals surface area (Å²) in [5.74, 6) is -0.368. The Kier molecular flexibility index (Phi) is 6.16. The van der Waals surface area contributed by atoms with Crippen LogP contribution in [0.1, 0.15) is 51.9 Å². The fourth-order valence-electron chi connectivity index (χ4n) is 4.25. The highest BCUT2D eigenvalue weighted by Gasteiger charge is 2.46. The normalized spacial score (nSPS) is 17.9. The third-order valence-corrected chi connectivity index (χ3v) is 8.86. The number of aliphatic hydroxyl groups is 1. The SMILES string of the molecule is CC(F)Oc1cccc(-c2nn(C(C)(C)C(C)(C)O)c3cc(C(=O)NC4(C)CS(=O)(=O)C4)cnc23)c1. The van der Waals surface area contributed by atoms with Crippen molar-refractivity contribution in [1.82, 2.24) is 20.1 Å². The first-order chi connectivity index (χ1) is 16.5. The van der Waals surface area contributed by atoms with Crippen LogP contribution in [0.5, 0.6) is 5.75 Å². The zero-order chi connectivity index (χ0) is 26.7. The van der Waals surface area contributed by atoms with E-state index < -0.39 is 38.8 Å². The van der Waals surface area contributed by atoms with Crippen molar-refractivity contribution in [2.45, 2.75) is 64.6 Å². The Hall–Kier alpha value is -3.05. The van der Waals surface area contributed by atoms with Crippen LogP contribution in [0.3, 0.4) is 0 Å². The summed E-state index contributed by atoms with van der Waals surface area (Å²) < 4.78 is 43.5. The summed E-state index contributed by atoms with van der Waals surface area (Å²) in [5.41, 5.74) is -0.650. The van der Waals surface area contributed by atoms with E-state index in [9.17, 15) is 22.7 Å². The lowest BCUT2D eigenvalue weighted by Gasteiger charge is -2.38. The number of pyridine rings is 1. The summed E-state index contributed by atoms with van der Waals surface area (Å²) in [6.07, 6.45) is -0.0829. The molecule has 1 fully saturated rings. The largest absolute Gasteiger partial charge is 0.461 e. The van der Waals surface area contributed by atoms with Gasteiger partial charge in [-0.15, -0.1) is 0 Å². The summed E-state index contributed by atoms with van der Waals surface area (Å²) in [6, 6.07) is 8.42. The monoisotopic (exact) mass is 518 g/mol. The highest BCUT2D eigenvalue weighted by molar-refractivity contribution is 7.93. The second kappa shape index (κ2) is 8.52. The Morgan fingerprint density at radius 3 is 2.50 bits per heavy atom. The molecule has 1 atom stereocenters. The summed E-state index contributed by atoms with van der Waals surface area (Å²) >= 11 is 0. The number of sulfone groups is 1. The molecule has 1 saturated heterocycles. The lowest BCUT2D eigenvalue weighted by Crippen LogP contribution is -2.63. The molecule has 0 bridgehead atoms. The molecule has 11 heteroatoms. The number of ether oxygens (including phenoxy) is 1. The van der Waals surface area contributed by atoms with E-state index in [4.69, 9.17) is 9.84 Å². The first-order valence-corrected chi connectivity index (χ1v) is 13.4. The van der Waals surface area contributed by atoms with Gasteiger partial charge in [0, 0.05) is 18.7 Å². The minimum absolute atomic E-state index is 0.120. The van der Waals surface area contributed by atoms with Gasteiger partial charge in [0.15, 0.2) is 9.84 Å². The molecule has 1 aliphatic rings. The van der Waals surface area contributed by atoms with Crippen molar-refractivity contribution in [2.24, 2.45) is 0 Å². The molecule has 1 unspecified atom stereocenters. The van der Waals surface area contributed by atoms with E-state index in [2.05, 4.69) is 10.3 Å². The van der Waals surface area contributed by atoms with Gasteiger partial charge >= 0.3 is 0 Å². The van der Waals surface area contributed by atoms with Gasteiger partial charge in [0.1, 0.15) is 17.0 Å². The van der Waals surface area contributed by atoms with E-state index in [0.29, 0.717) is 28.0 Å². The topological polar surface area (TPSA) is 123 Å². The van der Waals surface area contributed by atoms with Crippen LogP contribution in [0.2, 0.25) is 0 Å². The van der Waals surface area contributed by atoms with Gasteiger partial charge < -0.3 is 15.2 Å². The van der Waals surface area contributed by atoms with E-state index in [1.165, 1.54) is 13.1 Å². The van der Waals surface area contributed by atoms with E-state index in [1.807, 2.05) is 13.8 Å². The van der Waals surface area contributed by atoms with Gasteiger partial charge in [-0.25, -0.2) is 12.8 Å². The summed E-state index contributed by atoms with van der Waals surface area (Å²) in [5, 5.41) is 18.5. The fraction of sp³-hybridized carbons (Fsp3) is 0.480. The quantitative estimate of drug-likeness (QED) is 0.492. The standard InChI is InChI=1S/C25H31FN4O5S/c1-15(26)35-18-9-7-8-16(10-18)20-21-19(30(29-20)23(2,3)24(4,5)32)11-17(12-27-21)22(31)28-25(6)13-36(33,34)14-25/h7-12,15,32H,13-14H2,1-6H3,(H,28,31). The molecule has 1 aliphatic heterocycles. The summed E-state index contributed by atoms with van der Waals surface area (Å²) in [4.78, 5) is 17.5. The Labute approximate surface area is 209 Å². The zero-order valence-corrected chi connectivity index (χ0v) is 22.0. The number of nitrogens with one attached hydrogen (secondary N) is 1. The lowest BCUT2D eigenvalue weighted by molar-refractivity contribution is -0.0299. The Bertz CT molecular complexity index is 1430. The number of carbonyl (C=O) groups is 1. The van der Waals surface area contributed by atoms with E-state index in [0.717, 1.165) is 0 Å². The number of hydrogen-bond donors (Lipinski definition) is 2. The molecule has 0 aliphatic carbocycles. The van der Waals surface area contributed by atoms with Crippen LogP contribution in [0.15, 0.2) is 36.5 Å². The number of aromatic nitrogens is 3. The molecule has 2 N–H and O–H groups in total. The minimum atomic E-state index is -3.14. The number of amides is 1. The Morgan fingerprint density at radius 2 is 1.92 bits per heavy atom. The van der Waals surface area contributed by atoms with Crippen molar-refractivity contribution < 1.29 is 27.4 Å². The Balaban J connectivity index is 1.82. The van der Waals surface area contributed by atoms with Crippen molar-refractivity contribution in [3.05, 3.63) is 42.1 Å². The van der Waals surface area contributed by atoms with Crippen LogP contribution in [0.4, 0.5) is 4.39 Å². The smallest absolute Gasteiger partial charge is 0.253 e. The van der Waals surface area contributed by atoms with Crippen LogP contribution in [0, 0.1) is 0 Å². The molecule has 1 aromatic carbocycles. The maximum atomic E-state index is 13.4. The number of carbonyl (C=O) groups excluding carboxylic acids is 1. The van der Waals surface area contributed by atoms with Crippen molar-refractivity contribution >= 4 is 26.8 Å². The number of halogens is 1. The van der Waals surface area contributed by atoms with Gasteiger partial charge in [-0.2, -0.15) is 5.10 Å². The van der Waals surface area contributed by atoms with Crippen LogP contribution < -0.4 is 10.1 Å². The van der Waals surface area contributed by atoms with Crippen LogP contribution in [0.25, 0.3) is 22.3 Å². The molecule has 194 valence electrons. The molecule has 3 heterocycles. The first-order valence-electron chi connectivity index (χ1n) is 11.6. The maximum Gasteiger partial charge on any atom is 0.253 e. The number of benzene rings is 1. The van der Waals surface area contributed by atoms with Gasteiger partial charge in [-0.3, -0.25) is 14.5 Å². The van der Waals surface area contributed by atoms with Crippen molar-refractivity contribution in [3.8, 4) is 17.0 Å². The molecule has 36 heavy (non-hydrogen) atoms. The summed E-state index contributed by atoms with van der Waals surface area (Å²) in [7, 11) is -3.14. The molecular weight excluding hydrogens is 487 g/mol. The van der Waals surface area contributed by atoms with Gasteiger partial charge in [-0.05, 0) is 52.8 Å². The summed E-state index contributed by atoms with van der Waals surface area (Å²) in [6.45, 7) is 9.95. The molecular formula is C25H31FN4O5S. The lowest BCUT2D eigenvalue weighted by atomic mass is 9.86. The molecule has 9 nitrogen and oxygen atoms in total. The van der Waals surface area contributed by atoms with Crippen molar-refractivity contribution in [1.29, 1.82) is 0 Å². The molecule has 4 rings (SSSR count). The first kappa shape index (κ1) is 26.0. The molecule has 1 amide bonds. The second-order valence-corrected chi connectivity index (χ2v) is 12.8. The average Bonchev–Trinajstić information content (AvgIpc) is 3.10.